The summed E-state index contributed by atoms with van der Waals surface area (Å²) >= 11 is 2.13. The van der Waals surface area contributed by atoms with Gasteiger partial charge in [0.2, 0.25) is 0 Å². The topological polar surface area (TPSA) is 20.2 Å². The molecule has 1 aliphatic carbocycles. The third kappa shape index (κ3) is 5.87. The molecular formula is C26H36OS. The Morgan fingerprint density at radius 1 is 0.893 bits per heavy atom. The highest BCUT2D eigenvalue weighted by Crippen LogP contribution is 2.34. The predicted molar refractivity (Wildman–Crippen MR) is 123 cm³/mol. The second kappa shape index (κ2) is 9.98. The lowest BCUT2D eigenvalue weighted by Crippen LogP contribution is -2.22. The predicted octanol–water partition coefficient (Wildman–Crippen LogP) is 6.82. The SMILES string of the molecule is CC(C)SCC1CCC(CCc2ccc(C(C)(O)c3ccccc3)cc2)CC1. The van der Waals surface area contributed by atoms with Crippen molar-refractivity contribution in [3.05, 3.63) is 71.3 Å². The molecule has 0 spiro atoms. The number of benzene rings is 2. The van der Waals surface area contributed by atoms with Gasteiger partial charge in [-0.2, -0.15) is 11.8 Å². The van der Waals surface area contributed by atoms with Gasteiger partial charge in [-0.3, -0.25) is 0 Å². The fourth-order valence-electron chi connectivity index (χ4n) is 4.31. The van der Waals surface area contributed by atoms with Gasteiger partial charge in [0, 0.05) is 0 Å². The molecule has 28 heavy (non-hydrogen) atoms. The summed E-state index contributed by atoms with van der Waals surface area (Å²) < 4.78 is 0. The van der Waals surface area contributed by atoms with Gasteiger partial charge in [-0.25, -0.2) is 0 Å². The molecule has 0 heterocycles. The molecule has 1 fully saturated rings. The van der Waals surface area contributed by atoms with Crippen molar-refractivity contribution in [2.75, 3.05) is 5.75 Å². The van der Waals surface area contributed by atoms with Crippen molar-refractivity contribution < 1.29 is 5.11 Å². The van der Waals surface area contributed by atoms with Crippen LogP contribution < -0.4 is 0 Å². The molecule has 0 bridgehead atoms. The average molecular weight is 397 g/mol. The third-order valence-electron chi connectivity index (χ3n) is 6.32. The Morgan fingerprint density at radius 2 is 1.46 bits per heavy atom. The zero-order chi connectivity index (χ0) is 20.0. The summed E-state index contributed by atoms with van der Waals surface area (Å²) in [5, 5.41) is 11.7. The van der Waals surface area contributed by atoms with Crippen molar-refractivity contribution in [2.45, 2.75) is 70.1 Å². The first-order valence-electron chi connectivity index (χ1n) is 10.9. The first-order chi connectivity index (χ1) is 13.4. The second-order valence-corrected chi connectivity index (χ2v) is 10.6. The lowest BCUT2D eigenvalue weighted by Gasteiger charge is -2.29. The van der Waals surface area contributed by atoms with Crippen LogP contribution in [-0.2, 0) is 12.0 Å². The van der Waals surface area contributed by atoms with E-state index >= 15 is 0 Å². The van der Waals surface area contributed by atoms with E-state index in [1.807, 2.05) is 37.3 Å². The smallest absolute Gasteiger partial charge is 0.112 e. The number of thioether (sulfide) groups is 1. The summed E-state index contributed by atoms with van der Waals surface area (Å²) in [6.45, 7) is 6.49. The molecule has 0 amide bonds. The number of hydrogen-bond acceptors (Lipinski definition) is 2. The number of rotatable bonds is 8. The lowest BCUT2D eigenvalue weighted by atomic mass is 9.80. The molecule has 2 aromatic carbocycles. The molecule has 1 N–H and O–H groups in total. The molecule has 0 aliphatic heterocycles. The molecule has 0 radical (unpaired) electrons. The van der Waals surface area contributed by atoms with E-state index in [2.05, 4.69) is 49.9 Å². The normalized spacial score (nSPS) is 22.2. The Balaban J connectivity index is 1.48. The molecule has 1 unspecified atom stereocenters. The van der Waals surface area contributed by atoms with E-state index in [0.717, 1.165) is 34.6 Å². The van der Waals surface area contributed by atoms with Crippen LogP contribution in [0.4, 0.5) is 0 Å². The highest BCUT2D eigenvalue weighted by molar-refractivity contribution is 7.99. The van der Waals surface area contributed by atoms with E-state index in [1.165, 1.54) is 43.4 Å². The standard InChI is InChI=1S/C26H36OS/c1-20(2)28-19-23-13-11-21(12-14-23)9-10-22-15-17-25(18-16-22)26(3,27)24-7-5-4-6-8-24/h4-8,15-18,20-21,23,27H,9-14,19H2,1-3H3. The fraction of sp³-hybridized carbons (Fsp3) is 0.538. The maximum Gasteiger partial charge on any atom is 0.112 e. The Labute approximate surface area is 176 Å². The summed E-state index contributed by atoms with van der Waals surface area (Å²) in [4.78, 5) is 0. The molecule has 0 saturated heterocycles. The zero-order valence-corrected chi connectivity index (χ0v) is 18.5. The lowest BCUT2D eigenvalue weighted by molar-refractivity contribution is 0.102. The van der Waals surface area contributed by atoms with Crippen molar-refractivity contribution in [3.63, 3.8) is 0 Å². The molecule has 1 aliphatic rings. The van der Waals surface area contributed by atoms with Gasteiger partial charge in [-0.05, 0) is 72.1 Å². The molecule has 152 valence electrons. The summed E-state index contributed by atoms with van der Waals surface area (Å²) in [5.41, 5.74) is 2.36. The summed E-state index contributed by atoms with van der Waals surface area (Å²) in [5.74, 6) is 3.20. The van der Waals surface area contributed by atoms with Gasteiger partial charge in [0.05, 0.1) is 0 Å². The Hall–Kier alpha value is -1.25. The van der Waals surface area contributed by atoms with Crippen LogP contribution in [0, 0.1) is 11.8 Å². The van der Waals surface area contributed by atoms with E-state index < -0.39 is 5.60 Å². The zero-order valence-electron chi connectivity index (χ0n) is 17.7. The van der Waals surface area contributed by atoms with E-state index in [0.29, 0.717) is 0 Å². The van der Waals surface area contributed by atoms with Crippen molar-refractivity contribution in [1.82, 2.24) is 0 Å². The van der Waals surface area contributed by atoms with Crippen LogP contribution in [0.5, 0.6) is 0 Å². The van der Waals surface area contributed by atoms with E-state index in [-0.39, 0.29) is 0 Å². The van der Waals surface area contributed by atoms with Crippen LogP contribution >= 0.6 is 11.8 Å². The molecule has 1 nitrogen and oxygen atoms in total. The summed E-state index contributed by atoms with van der Waals surface area (Å²) in [7, 11) is 0. The van der Waals surface area contributed by atoms with Gasteiger partial charge < -0.3 is 5.11 Å². The second-order valence-electron chi connectivity index (χ2n) is 8.94. The van der Waals surface area contributed by atoms with Crippen LogP contribution in [0.25, 0.3) is 0 Å². The third-order valence-corrected chi connectivity index (χ3v) is 7.66. The number of hydrogen-bond donors (Lipinski definition) is 1. The minimum Gasteiger partial charge on any atom is -0.381 e. The highest BCUT2D eigenvalue weighted by atomic mass is 32.2. The molecular weight excluding hydrogens is 360 g/mol. The van der Waals surface area contributed by atoms with Crippen LogP contribution in [0.15, 0.2) is 54.6 Å². The van der Waals surface area contributed by atoms with Gasteiger partial charge in [-0.15, -0.1) is 0 Å². The van der Waals surface area contributed by atoms with Crippen LogP contribution in [-0.4, -0.2) is 16.1 Å². The molecule has 1 atom stereocenters. The van der Waals surface area contributed by atoms with Gasteiger partial charge in [0.1, 0.15) is 5.60 Å². The van der Waals surface area contributed by atoms with Crippen molar-refractivity contribution in [2.24, 2.45) is 11.8 Å². The molecule has 3 rings (SSSR count). The minimum absolute atomic E-state index is 0.767. The fourth-order valence-corrected chi connectivity index (χ4v) is 5.30. The molecule has 2 heteroatoms. The van der Waals surface area contributed by atoms with Gasteiger partial charge in [0.25, 0.3) is 0 Å². The molecule has 2 aromatic rings. The van der Waals surface area contributed by atoms with E-state index in [1.54, 1.807) is 0 Å². The maximum atomic E-state index is 11.0. The van der Waals surface area contributed by atoms with Crippen LogP contribution in [0.1, 0.15) is 69.6 Å². The maximum absolute atomic E-state index is 11.0. The van der Waals surface area contributed by atoms with Crippen molar-refractivity contribution in [3.8, 4) is 0 Å². The Bertz CT molecular complexity index is 697. The largest absolute Gasteiger partial charge is 0.381 e. The van der Waals surface area contributed by atoms with Crippen LogP contribution in [0.3, 0.4) is 0 Å². The quantitative estimate of drug-likeness (QED) is 0.528. The highest BCUT2D eigenvalue weighted by Gasteiger charge is 2.25. The molecule has 1 saturated carbocycles. The minimum atomic E-state index is -0.938. The first-order valence-corrected chi connectivity index (χ1v) is 12.0. The van der Waals surface area contributed by atoms with Crippen molar-refractivity contribution >= 4 is 11.8 Å². The van der Waals surface area contributed by atoms with Gasteiger partial charge in [-0.1, -0.05) is 81.3 Å². The van der Waals surface area contributed by atoms with Gasteiger partial charge in [0.15, 0.2) is 0 Å². The average Bonchev–Trinajstić information content (AvgIpc) is 2.72. The summed E-state index contributed by atoms with van der Waals surface area (Å²) in [6, 6.07) is 18.5. The van der Waals surface area contributed by atoms with Crippen molar-refractivity contribution in [1.29, 1.82) is 0 Å². The van der Waals surface area contributed by atoms with Crippen LogP contribution in [0.2, 0.25) is 0 Å². The Morgan fingerprint density at radius 3 is 2.07 bits per heavy atom. The summed E-state index contributed by atoms with van der Waals surface area (Å²) in [6.07, 6.45) is 8.11. The number of aryl methyl sites for hydroxylation is 1. The monoisotopic (exact) mass is 396 g/mol. The van der Waals surface area contributed by atoms with Gasteiger partial charge >= 0.3 is 0 Å². The van der Waals surface area contributed by atoms with E-state index in [9.17, 15) is 5.11 Å². The number of aliphatic hydroxyl groups is 1. The van der Waals surface area contributed by atoms with E-state index in [4.69, 9.17) is 0 Å². The first kappa shape index (κ1) is 21.5. The molecule has 0 aromatic heterocycles. The Kier molecular flexibility index (Phi) is 7.65.